The number of aryl methyl sites for hydroxylation is 1. The predicted molar refractivity (Wildman–Crippen MR) is 101 cm³/mol. The molecule has 0 unspecified atom stereocenters. The summed E-state index contributed by atoms with van der Waals surface area (Å²) in [6, 6.07) is 7.00. The van der Waals surface area contributed by atoms with Crippen molar-refractivity contribution in [2.75, 3.05) is 31.1 Å². The number of anilines is 1. The molecule has 0 atom stereocenters. The lowest BCUT2D eigenvalue weighted by molar-refractivity contribution is -0.384. The first-order valence-electron chi connectivity index (χ1n) is 8.81. The minimum absolute atomic E-state index is 0.191. The Labute approximate surface area is 152 Å². The van der Waals surface area contributed by atoms with E-state index in [1.54, 1.807) is 23.5 Å². The third kappa shape index (κ3) is 4.55. The molecule has 1 aliphatic rings. The van der Waals surface area contributed by atoms with Gasteiger partial charge in [-0.3, -0.25) is 15.0 Å². The number of benzene rings is 1. The molecular formula is C18H24N4O2S. The van der Waals surface area contributed by atoms with Crippen molar-refractivity contribution >= 4 is 22.7 Å². The van der Waals surface area contributed by atoms with Crippen LogP contribution in [0.25, 0.3) is 0 Å². The fraction of sp³-hybridized carbons (Fsp3) is 0.500. The normalized spacial score (nSPS) is 15.5. The Kier molecular flexibility index (Phi) is 5.99. The summed E-state index contributed by atoms with van der Waals surface area (Å²) in [6.45, 7) is 6.47. The van der Waals surface area contributed by atoms with Gasteiger partial charge in [-0.2, -0.15) is 0 Å². The lowest BCUT2D eigenvalue weighted by Gasteiger charge is -2.35. The van der Waals surface area contributed by atoms with E-state index in [2.05, 4.69) is 22.1 Å². The minimum Gasteiger partial charge on any atom is -0.363 e. The lowest BCUT2D eigenvalue weighted by Crippen LogP contribution is -2.46. The average molecular weight is 360 g/mol. The molecule has 6 nitrogen and oxygen atoms in total. The summed E-state index contributed by atoms with van der Waals surface area (Å²) < 4.78 is 0. The molecule has 0 radical (unpaired) electrons. The number of piperazine rings is 1. The van der Waals surface area contributed by atoms with Gasteiger partial charge in [0.25, 0.3) is 5.69 Å². The highest BCUT2D eigenvalue weighted by atomic mass is 32.1. The highest BCUT2D eigenvalue weighted by Crippen LogP contribution is 2.28. The molecule has 0 aliphatic carbocycles. The second-order valence-electron chi connectivity index (χ2n) is 6.35. The maximum absolute atomic E-state index is 11.2. The maximum Gasteiger partial charge on any atom is 0.292 e. The van der Waals surface area contributed by atoms with Crippen LogP contribution in [0.3, 0.4) is 0 Å². The molecule has 7 heteroatoms. The van der Waals surface area contributed by atoms with Gasteiger partial charge in [-0.15, -0.1) is 11.3 Å². The van der Waals surface area contributed by atoms with Crippen molar-refractivity contribution in [3.63, 3.8) is 0 Å². The molecule has 3 rings (SSSR count). The monoisotopic (exact) mass is 360 g/mol. The van der Waals surface area contributed by atoms with Crippen molar-refractivity contribution < 1.29 is 4.92 Å². The fourth-order valence-corrected chi connectivity index (χ4v) is 3.96. The van der Waals surface area contributed by atoms with Crippen molar-refractivity contribution in [3.8, 4) is 0 Å². The highest BCUT2D eigenvalue weighted by molar-refractivity contribution is 7.09. The van der Waals surface area contributed by atoms with E-state index in [0.717, 1.165) is 50.5 Å². The predicted octanol–water partition coefficient (Wildman–Crippen LogP) is 3.72. The van der Waals surface area contributed by atoms with E-state index < -0.39 is 0 Å². The zero-order valence-electron chi connectivity index (χ0n) is 14.6. The van der Waals surface area contributed by atoms with E-state index in [0.29, 0.717) is 0 Å². The summed E-state index contributed by atoms with van der Waals surface area (Å²) in [5, 5.41) is 14.6. The lowest BCUT2D eigenvalue weighted by atomic mass is 10.2. The molecule has 0 spiro atoms. The van der Waals surface area contributed by atoms with Crippen molar-refractivity contribution in [3.05, 3.63) is 50.5 Å². The van der Waals surface area contributed by atoms with Gasteiger partial charge in [0, 0.05) is 44.2 Å². The van der Waals surface area contributed by atoms with Gasteiger partial charge < -0.3 is 4.90 Å². The Morgan fingerprint density at radius 1 is 1.24 bits per heavy atom. The molecule has 1 aromatic carbocycles. The zero-order valence-corrected chi connectivity index (χ0v) is 15.4. The highest BCUT2D eigenvalue weighted by Gasteiger charge is 2.23. The molecule has 0 N–H and O–H groups in total. The van der Waals surface area contributed by atoms with Gasteiger partial charge in [0.2, 0.25) is 0 Å². The zero-order chi connectivity index (χ0) is 17.6. The summed E-state index contributed by atoms with van der Waals surface area (Å²) in [4.78, 5) is 20.1. The van der Waals surface area contributed by atoms with Crippen molar-refractivity contribution in [1.29, 1.82) is 0 Å². The second-order valence-corrected chi connectivity index (χ2v) is 7.29. The molecule has 1 aliphatic heterocycles. The van der Waals surface area contributed by atoms with Crippen LogP contribution in [0.1, 0.15) is 30.5 Å². The number of nitro benzene ring substituents is 1. The van der Waals surface area contributed by atoms with E-state index in [4.69, 9.17) is 4.98 Å². The van der Waals surface area contributed by atoms with Crippen LogP contribution in [0.2, 0.25) is 0 Å². The Morgan fingerprint density at radius 3 is 2.72 bits per heavy atom. The van der Waals surface area contributed by atoms with Crippen LogP contribution in [0, 0.1) is 10.1 Å². The van der Waals surface area contributed by atoms with Crippen LogP contribution < -0.4 is 4.90 Å². The van der Waals surface area contributed by atoms with Crippen LogP contribution >= 0.6 is 11.3 Å². The Balaban J connectivity index is 1.55. The molecular weight excluding hydrogens is 336 g/mol. The van der Waals surface area contributed by atoms with E-state index in [-0.39, 0.29) is 10.6 Å². The van der Waals surface area contributed by atoms with E-state index in [9.17, 15) is 10.1 Å². The van der Waals surface area contributed by atoms with Crippen molar-refractivity contribution in [2.24, 2.45) is 0 Å². The number of hydrogen-bond acceptors (Lipinski definition) is 6. The van der Waals surface area contributed by atoms with Gasteiger partial charge in [0.1, 0.15) is 5.69 Å². The van der Waals surface area contributed by atoms with Crippen LogP contribution in [0.15, 0.2) is 29.6 Å². The third-order valence-electron chi connectivity index (χ3n) is 4.52. The molecule has 0 amide bonds. The summed E-state index contributed by atoms with van der Waals surface area (Å²) in [7, 11) is 0. The van der Waals surface area contributed by atoms with Crippen molar-refractivity contribution in [1.82, 2.24) is 9.88 Å². The number of nitro groups is 1. The minimum atomic E-state index is -0.297. The van der Waals surface area contributed by atoms with Crippen molar-refractivity contribution in [2.45, 2.75) is 32.7 Å². The molecule has 134 valence electrons. The Bertz CT molecular complexity index is 711. The average Bonchev–Trinajstić information content (AvgIpc) is 3.08. The largest absolute Gasteiger partial charge is 0.363 e. The van der Waals surface area contributed by atoms with Gasteiger partial charge >= 0.3 is 0 Å². The van der Waals surface area contributed by atoms with Gasteiger partial charge in [-0.1, -0.05) is 25.5 Å². The number of nitrogens with zero attached hydrogens (tertiary/aromatic N) is 4. The van der Waals surface area contributed by atoms with Gasteiger partial charge in [0.15, 0.2) is 0 Å². The number of aromatic nitrogens is 1. The smallest absolute Gasteiger partial charge is 0.292 e. The molecule has 25 heavy (non-hydrogen) atoms. The molecule has 0 bridgehead atoms. The first-order chi connectivity index (χ1) is 12.2. The molecule has 0 saturated carbocycles. The number of thiazole rings is 1. The van der Waals surface area contributed by atoms with E-state index >= 15 is 0 Å². The van der Waals surface area contributed by atoms with Gasteiger partial charge in [0.05, 0.1) is 15.6 Å². The van der Waals surface area contributed by atoms with E-state index in [1.165, 1.54) is 17.8 Å². The Hall–Kier alpha value is -1.99. The first-order valence-corrected chi connectivity index (χ1v) is 9.69. The first kappa shape index (κ1) is 17.8. The fourth-order valence-electron chi connectivity index (χ4n) is 3.13. The molecule has 1 fully saturated rings. The quantitative estimate of drug-likeness (QED) is 0.556. The maximum atomic E-state index is 11.2. The standard InChI is InChI=1S/C18H24N4O2S/c1-2-3-8-18-19-15(14-25-18)13-20-9-11-21(12-10-20)16-6-4-5-7-17(16)22(23)24/h4-7,14H,2-3,8-13H2,1H3. The number of para-hydroxylation sites is 2. The Morgan fingerprint density at radius 2 is 2.00 bits per heavy atom. The molecule has 2 aromatic rings. The number of hydrogen-bond donors (Lipinski definition) is 0. The summed E-state index contributed by atoms with van der Waals surface area (Å²) in [5.41, 5.74) is 2.06. The van der Waals surface area contributed by atoms with Crippen LogP contribution in [0.4, 0.5) is 11.4 Å². The van der Waals surface area contributed by atoms with Gasteiger partial charge in [-0.25, -0.2) is 4.98 Å². The topological polar surface area (TPSA) is 62.5 Å². The third-order valence-corrected chi connectivity index (χ3v) is 5.48. The van der Waals surface area contributed by atoms with Gasteiger partial charge in [-0.05, 0) is 18.9 Å². The van der Waals surface area contributed by atoms with Crippen LogP contribution in [-0.4, -0.2) is 41.0 Å². The summed E-state index contributed by atoms with van der Waals surface area (Å²) in [5.74, 6) is 0. The second kappa shape index (κ2) is 8.40. The summed E-state index contributed by atoms with van der Waals surface area (Å²) in [6.07, 6.45) is 3.47. The molecule has 1 saturated heterocycles. The number of rotatable bonds is 7. The summed E-state index contributed by atoms with van der Waals surface area (Å²) >= 11 is 1.76. The number of unbranched alkanes of at least 4 members (excludes halogenated alkanes) is 1. The van der Waals surface area contributed by atoms with Crippen LogP contribution in [0.5, 0.6) is 0 Å². The molecule has 1 aromatic heterocycles. The van der Waals surface area contributed by atoms with Crippen LogP contribution in [-0.2, 0) is 13.0 Å². The van der Waals surface area contributed by atoms with E-state index in [1.807, 2.05) is 12.1 Å². The SMILES string of the molecule is CCCCc1nc(CN2CCN(c3ccccc3[N+](=O)[O-])CC2)cs1. The molecule has 2 heterocycles.